The molecule has 2 N–H and O–H groups in total. The van der Waals surface area contributed by atoms with Crippen LogP contribution in [-0.2, 0) is 22.6 Å². The van der Waals surface area contributed by atoms with Crippen LogP contribution in [0.2, 0.25) is 0 Å². The Labute approximate surface area is 201 Å². The molecular weight excluding hydrogens is 446 g/mol. The second kappa shape index (κ2) is 10.9. The number of aromatic nitrogens is 1. The third-order valence-corrected chi connectivity index (χ3v) is 5.36. The van der Waals surface area contributed by atoms with Crippen LogP contribution in [0.5, 0.6) is 5.75 Å². The maximum atomic E-state index is 12.6. The molecule has 2 heterocycles. The second-order valence-electron chi connectivity index (χ2n) is 7.62. The summed E-state index contributed by atoms with van der Waals surface area (Å²) in [5, 5.41) is 13.5. The van der Waals surface area contributed by atoms with Crippen molar-refractivity contribution in [1.29, 1.82) is 5.26 Å². The van der Waals surface area contributed by atoms with Crippen LogP contribution < -0.4 is 10.1 Å². The average Bonchev–Trinajstić information content (AvgIpc) is 3.53. The van der Waals surface area contributed by atoms with E-state index in [0.29, 0.717) is 30.0 Å². The van der Waals surface area contributed by atoms with E-state index in [0.717, 1.165) is 16.5 Å². The van der Waals surface area contributed by atoms with Gasteiger partial charge in [-0.15, -0.1) is 0 Å². The molecule has 176 valence electrons. The van der Waals surface area contributed by atoms with Gasteiger partial charge in [0, 0.05) is 29.2 Å². The van der Waals surface area contributed by atoms with Gasteiger partial charge in [0.15, 0.2) is 0 Å². The van der Waals surface area contributed by atoms with Crippen molar-refractivity contribution in [3.63, 3.8) is 0 Å². The molecule has 0 spiro atoms. The predicted octanol–water partition coefficient (Wildman–Crippen LogP) is 4.39. The van der Waals surface area contributed by atoms with Crippen LogP contribution in [0.4, 0.5) is 0 Å². The van der Waals surface area contributed by atoms with Gasteiger partial charge in [0.25, 0.3) is 5.91 Å². The highest BCUT2D eigenvalue weighted by molar-refractivity contribution is 6.02. The van der Waals surface area contributed by atoms with Crippen molar-refractivity contribution in [2.24, 2.45) is 0 Å². The Bertz CT molecular complexity index is 1420. The van der Waals surface area contributed by atoms with E-state index in [2.05, 4.69) is 15.0 Å². The van der Waals surface area contributed by atoms with Crippen LogP contribution in [-0.4, -0.2) is 30.5 Å². The maximum absolute atomic E-state index is 12.6. The lowest BCUT2D eigenvalue weighted by Gasteiger charge is -2.09. The van der Waals surface area contributed by atoms with Gasteiger partial charge in [0.1, 0.15) is 29.8 Å². The molecule has 0 aliphatic heterocycles. The smallest absolute Gasteiger partial charge is 0.373 e. The number of nitriles is 1. The van der Waals surface area contributed by atoms with Crippen molar-refractivity contribution in [2.75, 3.05) is 13.7 Å². The normalized spacial score (nSPS) is 11.1. The molecular formula is C27H23N3O5. The number of amides is 1. The van der Waals surface area contributed by atoms with Gasteiger partial charge >= 0.3 is 5.97 Å². The summed E-state index contributed by atoms with van der Waals surface area (Å²) in [6.07, 6.45) is 4.04. The second-order valence-corrected chi connectivity index (χ2v) is 7.62. The molecule has 0 aliphatic rings. The van der Waals surface area contributed by atoms with Gasteiger partial charge in [0.05, 0.1) is 7.11 Å². The minimum Gasteiger partial charge on any atom is -0.485 e. The number of nitrogens with one attached hydrogen (secondary N) is 2. The molecule has 2 aromatic heterocycles. The van der Waals surface area contributed by atoms with E-state index < -0.39 is 11.9 Å². The molecule has 2 aromatic carbocycles. The molecule has 0 atom stereocenters. The number of fused-ring (bicyclic) bond motifs is 1. The Hall–Kier alpha value is -4.77. The first kappa shape index (κ1) is 23.4. The molecule has 4 rings (SSSR count). The minimum absolute atomic E-state index is 0.0362. The summed E-state index contributed by atoms with van der Waals surface area (Å²) in [6, 6.07) is 20.1. The molecule has 0 saturated carbocycles. The number of furan rings is 1. The Morgan fingerprint density at radius 3 is 2.74 bits per heavy atom. The van der Waals surface area contributed by atoms with Crippen molar-refractivity contribution in [1.82, 2.24) is 10.3 Å². The minimum atomic E-state index is -0.575. The number of hydrogen-bond donors (Lipinski definition) is 2. The highest BCUT2D eigenvalue weighted by Crippen LogP contribution is 2.23. The van der Waals surface area contributed by atoms with Gasteiger partial charge in [-0.3, -0.25) is 4.79 Å². The molecule has 4 aromatic rings. The fourth-order valence-corrected chi connectivity index (χ4v) is 3.59. The molecule has 0 aliphatic carbocycles. The highest BCUT2D eigenvalue weighted by Gasteiger charge is 2.14. The van der Waals surface area contributed by atoms with E-state index in [9.17, 15) is 14.9 Å². The summed E-state index contributed by atoms with van der Waals surface area (Å²) in [5.41, 5.74) is 2.66. The zero-order valence-electron chi connectivity index (χ0n) is 19.0. The summed E-state index contributed by atoms with van der Waals surface area (Å²) in [6.45, 7) is 0.444. The number of para-hydroxylation sites is 2. The number of H-pyrrole nitrogens is 1. The summed E-state index contributed by atoms with van der Waals surface area (Å²) >= 11 is 0. The van der Waals surface area contributed by atoms with Gasteiger partial charge in [-0.1, -0.05) is 36.4 Å². The third-order valence-electron chi connectivity index (χ3n) is 5.36. The first-order valence-electron chi connectivity index (χ1n) is 10.9. The lowest BCUT2D eigenvalue weighted by molar-refractivity contribution is -0.117. The largest absolute Gasteiger partial charge is 0.485 e. The molecule has 8 heteroatoms. The fraction of sp³-hybridized carbons (Fsp3) is 0.148. The van der Waals surface area contributed by atoms with Crippen molar-refractivity contribution < 1.29 is 23.5 Å². The Morgan fingerprint density at radius 1 is 1.11 bits per heavy atom. The number of benzene rings is 2. The highest BCUT2D eigenvalue weighted by atomic mass is 16.5. The lowest BCUT2D eigenvalue weighted by atomic mass is 10.1. The zero-order chi connectivity index (χ0) is 24.6. The van der Waals surface area contributed by atoms with Crippen molar-refractivity contribution in [3.05, 3.63) is 95.1 Å². The summed E-state index contributed by atoms with van der Waals surface area (Å²) in [4.78, 5) is 27.4. The molecule has 35 heavy (non-hydrogen) atoms. The van der Waals surface area contributed by atoms with Gasteiger partial charge < -0.3 is 24.2 Å². The third kappa shape index (κ3) is 5.60. The monoisotopic (exact) mass is 469 g/mol. The molecule has 0 radical (unpaired) electrons. The van der Waals surface area contributed by atoms with E-state index in [1.165, 1.54) is 19.3 Å². The van der Waals surface area contributed by atoms with Crippen LogP contribution in [0.25, 0.3) is 17.0 Å². The molecule has 0 bridgehead atoms. The first-order valence-corrected chi connectivity index (χ1v) is 10.9. The SMILES string of the molecule is COC(=O)c1ccc(COc2ccccc2C=C(C#N)C(=O)NCCc2c[nH]c3ccccc23)o1. The Morgan fingerprint density at radius 2 is 1.91 bits per heavy atom. The van der Waals surface area contributed by atoms with Gasteiger partial charge in [0.2, 0.25) is 5.76 Å². The number of aromatic amines is 1. The molecule has 8 nitrogen and oxygen atoms in total. The lowest BCUT2D eigenvalue weighted by Crippen LogP contribution is -2.26. The van der Waals surface area contributed by atoms with Crippen molar-refractivity contribution in [3.8, 4) is 11.8 Å². The van der Waals surface area contributed by atoms with E-state index in [4.69, 9.17) is 9.15 Å². The standard InChI is InChI=1S/C27H23N3O5/c1-33-27(32)25-11-10-21(35-25)17-34-24-9-5-2-6-18(24)14-20(15-28)26(31)29-13-12-19-16-30-23-8-4-3-7-22(19)23/h2-11,14,16,30H,12-13,17H2,1H3,(H,29,31). The number of methoxy groups -OCH3 is 1. The van der Waals surface area contributed by atoms with E-state index in [-0.39, 0.29) is 17.9 Å². The summed E-state index contributed by atoms with van der Waals surface area (Å²) in [7, 11) is 1.27. The molecule has 0 saturated heterocycles. The van der Waals surface area contributed by atoms with Crippen LogP contribution in [0.15, 0.2) is 76.9 Å². The van der Waals surface area contributed by atoms with E-state index in [1.54, 1.807) is 30.3 Å². The number of rotatable bonds is 9. The summed E-state index contributed by atoms with van der Waals surface area (Å²) in [5.74, 6) is -0.0669. The van der Waals surface area contributed by atoms with E-state index in [1.807, 2.05) is 36.5 Å². The van der Waals surface area contributed by atoms with Crippen LogP contribution >= 0.6 is 0 Å². The average molecular weight is 469 g/mol. The van der Waals surface area contributed by atoms with Crippen LogP contribution in [0.1, 0.15) is 27.4 Å². The first-order chi connectivity index (χ1) is 17.1. The zero-order valence-corrected chi connectivity index (χ0v) is 19.0. The number of esters is 1. The number of carbonyl (C=O) groups is 2. The number of carbonyl (C=O) groups excluding carboxylic acids is 2. The number of ether oxygens (including phenoxy) is 2. The topological polar surface area (TPSA) is 117 Å². The van der Waals surface area contributed by atoms with Crippen molar-refractivity contribution in [2.45, 2.75) is 13.0 Å². The Balaban J connectivity index is 1.40. The number of nitrogens with zero attached hydrogens (tertiary/aromatic N) is 1. The van der Waals surface area contributed by atoms with Gasteiger partial charge in [-0.25, -0.2) is 4.79 Å². The molecule has 0 fully saturated rings. The van der Waals surface area contributed by atoms with Crippen LogP contribution in [0, 0.1) is 11.3 Å². The molecule has 1 amide bonds. The quantitative estimate of drug-likeness (QED) is 0.213. The van der Waals surface area contributed by atoms with Crippen LogP contribution in [0.3, 0.4) is 0 Å². The van der Waals surface area contributed by atoms with Gasteiger partial charge in [-0.05, 0) is 42.3 Å². The van der Waals surface area contributed by atoms with Crippen molar-refractivity contribution >= 4 is 28.9 Å². The summed E-state index contributed by atoms with van der Waals surface area (Å²) < 4.78 is 15.8. The number of hydrogen-bond acceptors (Lipinski definition) is 6. The fourth-order valence-electron chi connectivity index (χ4n) is 3.59. The molecule has 0 unspecified atom stereocenters. The van der Waals surface area contributed by atoms with Gasteiger partial charge in [-0.2, -0.15) is 5.26 Å². The predicted molar refractivity (Wildman–Crippen MR) is 129 cm³/mol. The maximum Gasteiger partial charge on any atom is 0.373 e. The van der Waals surface area contributed by atoms with E-state index >= 15 is 0 Å². The Kier molecular flexibility index (Phi) is 7.28.